The first-order chi connectivity index (χ1) is 17.5. The molecule has 0 radical (unpaired) electrons. The Morgan fingerprint density at radius 2 is 0.889 bits per heavy atom. The van der Waals surface area contributed by atoms with Crippen LogP contribution in [0.5, 0.6) is 0 Å². The quantitative estimate of drug-likeness (QED) is 0.162. The highest BCUT2D eigenvalue weighted by Crippen LogP contribution is 2.06. The van der Waals surface area contributed by atoms with E-state index in [9.17, 15) is 4.79 Å². The molecule has 216 valence electrons. The maximum atomic E-state index is 11.5. The Kier molecular flexibility index (Phi) is 26.3. The molecule has 0 fully saturated rings. The van der Waals surface area contributed by atoms with Crippen LogP contribution in [0.2, 0.25) is 0 Å². The maximum Gasteiger partial charge on any atom is 0.407 e. The van der Waals surface area contributed by atoms with Crippen LogP contribution in [0.1, 0.15) is 59.8 Å². The Labute approximate surface area is 218 Å². The molecule has 0 aliphatic rings. The van der Waals surface area contributed by atoms with Gasteiger partial charge in [0.1, 0.15) is 5.60 Å². The number of amides is 1. The van der Waals surface area contributed by atoms with Crippen LogP contribution in [0.15, 0.2) is 0 Å². The Morgan fingerprint density at radius 3 is 1.28 bits per heavy atom. The van der Waals surface area contributed by atoms with Gasteiger partial charge in [0.2, 0.25) is 0 Å². The maximum absolute atomic E-state index is 11.5. The van der Waals surface area contributed by atoms with Gasteiger partial charge in [-0.25, -0.2) is 4.79 Å². The van der Waals surface area contributed by atoms with E-state index in [1.165, 1.54) is 25.7 Å². The van der Waals surface area contributed by atoms with Crippen LogP contribution in [0.4, 0.5) is 4.79 Å². The van der Waals surface area contributed by atoms with Crippen LogP contribution in [0, 0.1) is 0 Å². The molecule has 0 aliphatic carbocycles. The molecule has 0 unspecified atom stereocenters. The van der Waals surface area contributed by atoms with Crippen molar-refractivity contribution in [1.29, 1.82) is 0 Å². The van der Waals surface area contributed by atoms with Gasteiger partial charge in [-0.1, -0.05) is 32.6 Å². The third-order valence-corrected chi connectivity index (χ3v) is 4.54. The molecule has 0 aromatic carbocycles. The minimum absolute atomic E-state index is 0.394. The van der Waals surface area contributed by atoms with Gasteiger partial charge in [0.05, 0.1) is 85.9 Å². The van der Waals surface area contributed by atoms with Crippen LogP contribution in [0.25, 0.3) is 0 Å². The first-order valence-electron chi connectivity index (χ1n) is 13.5. The molecule has 0 saturated carbocycles. The van der Waals surface area contributed by atoms with Gasteiger partial charge < -0.3 is 43.2 Å². The molecule has 0 aliphatic heterocycles. The number of rotatable bonds is 27. The standard InChI is InChI=1S/C26H53NO9/c1-5-6-7-8-9-11-29-13-15-31-17-19-33-21-23-35-24-22-34-20-18-32-16-14-30-12-10-27-25(28)36-26(2,3)4/h5-24H2,1-4H3,(H,27,28). The number of nitrogens with one attached hydrogen (secondary N) is 1. The average Bonchev–Trinajstić information content (AvgIpc) is 2.82. The van der Waals surface area contributed by atoms with Gasteiger partial charge in [0.15, 0.2) is 0 Å². The van der Waals surface area contributed by atoms with Crippen LogP contribution in [0.3, 0.4) is 0 Å². The van der Waals surface area contributed by atoms with E-state index in [1.807, 2.05) is 20.8 Å². The fourth-order valence-electron chi connectivity index (χ4n) is 2.77. The first-order valence-corrected chi connectivity index (χ1v) is 13.5. The molecule has 0 heterocycles. The molecule has 10 heteroatoms. The minimum Gasteiger partial charge on any atom is -0.444 e. The van der Waals surface area contributed by atoms with Crippen molar-refractivity contribution in [3.8, 4) is 0 Å². The van der Waals surface area contributed by atoms with E-state index >= 15 is 0 Å². The molecule has 1 amide bonds. The zero-order valence-corrected chi connectivity index (χ0v) is 23.3. The lowest BCUT2D eigenvalue weighted by atomic mass is 10.2. The summed E-state index contributed by atoms with van der Waals surface area (Å²) in [6.45, 7) is 15.7. The molecule has 0 spiro atoms. The van der Waals surface area contributed by atoms with Crippen molar-refractivity contribution >= 4 is 6.09 Å². The summed E-state index contributed by atoms with van der Waals surface area (Å²) in [6, 6.07) is 0. The van der Waals surface area contributed by atoms with Gasteiger partial charge in [-0.15, -0.1) is 0 Å². The molecule has 0 atom stereocenters. The SMILES string of the molecule is CCCCCCCOCCOCCOCCOCCOCCOCCOCCNC(=O)OC(C)(C)C. The zero-order valence-electron chi connectivity index (χ0n) is 23.3. The number of hydrogen-bond donors (Lipinski definition) is 1. The first kappa shape index (κ1) is 35.0. The van der Waals surface area contributed by atoms with Crippen LogP contribution in [-0.2, 0) is 37.9 Å². The number of carbonyl (C=O) groups excluding carboxylic acids is 1. The fraction of sp³-hybridized carbons (Fsp3) is 0.962. The third-order valence-electron chi connectivity index (χ3n) is 4.54. The highest BCUT2D eigenvalue weighted by atomic mass is 16.6. The van der Waals surface area contributed by atoms with Crippen LogP contribution >= 0.6 is 0 Å². The summed E-state index contributed by atoms with van der Waals surface area (Å²) < 4.78 is 43.3. The number of alkyl carbamates (subject to hydrolysis) is 1. The van der Waals surface area contributed by atoms with E-state index in [0.717, 1.165) is 13.0 Å². The van der Waals surface area contributed by atoms with Crippen molar-refractivity contribution in [3.63, 3.8) is 0 Å². The average molecular weight is 524 g/mol. The van der Waals surface area contributed by atoms with Gasteiger partial charge in [-0.3, -0.25) is 0 Å². The largest absolute Gasteiger partial charge is 0.444 e. The summed E-state index contributed by atoms with van der Waals surface area (Å²) in [6.07, 6.45) is 5.83. The van der Waals surface area contributed by atoms with E-state index in [0.29, 0.717) is 92.4 Å². The van der Waals surface area contributed by atoms with Gasteiger partial charge in [-0.2, -0.15) is 0 Å². The predicted octanol–water partition coefficient (Wildman–Crippen LogP) is 3.60. The Morgan fingerprint density at radius 1 is 0.528 bits per heavy atom. The molecule has 36 heavy (non-hydrogen) atoms. The highest BCUT2D eigenvalue weighted by molar-refractivity contribution is 5.67. The Balaban J connectivity index is 3.09. The Bertz CT molecular complexity index is 461. The molecular weight excluding hydrogens is 470 g/mol. The lowest BCUT2D eigenvalue weighted by molar-refractivity contribution is -0.0205. The fourth-order valence-corrected chi connectivity index (χ4v) is 2.77. The van der Waals surface area contributed by atoms with Gasteiger partial charge in [0.25, 0.3) is 0 Å². The van der Waals surface area contributed by atoms with Crippen molar-refractivity contribution in [2.75, 3.05) is 99.0 Å². The Hall–Kier alpha value is -1.01. The van der Waals surface area contributed by atoms with Crippen molar-refractivity contribution in [3.05, 3.63) is 0 Å². The second-order valence-corrected chi connectivity index (χ2v) is 9.13. The zero-order chi connectivity index (χ0) is 26.6. The van der Waals surface area contributed by atoms with Crippen molar-refractivity contribution < 1.29 is 42.7 Å². The second-order valence-electron chi connectivity index (χ2n) is 9.13. The lowest BCUT2D eigenvalue weighted by Crippen LogP contribution is -2.34. The number of hydrogen-bond acceptors (Lipinski definition) is 9. The third kappa shape index (κ3) is 31.0. The van der Waals surface area contributed by atoms with E-state index in [2.05, 4.69) is 12.2 Å². The molecule has 0 aromatic rings. The molecule has 10 nitrogen and oxygen atoms in total. The van der Waals surface area contributed by atoms with E-state index in [-0.39, 0.29) is 0 Å². The molecule has 0 aromatic heterocycles. The number of unbranched alkanes of at least 4 members (excludes halogenated alkanes) is 4. The second kappa shape index (κ2) is 27.0. The van der Waals surface area contributed by atoms with Crippen molar-refractivity contribution in [2.45, 2.75) is 65.4 Å². The smallest absolute Gasteiger partial charge is 0.407 e. The highest BCUT2D eigenvalue weighted by Gasteiger charge is 2.15. The van der Waals surface area contributed by atoms with E-state index < -0.39 is 11.7 Å². The monoisotopic (exact) mass is 523 g/mol. The predicted molar refractivity (Wildman–Crippen MR) is 139 cm³/mol. The van der Waals surface area contributed by atoms with Gasteiger partial charge in [0, 0.05) is 13.2 Å². The molecule has 0 rings (SSSR count). The summed E-state index contributed by atoms with van der Waals surface area (Å²) >= 11 is 0. The summed E-state index contributed by atoms with van der Waals surface area (Å²) in [5, 5.41) is 2.63. The van der Waals surface area contributed by atoms with Crippen molar-refractivity contribution in [1.82, 2.24) is 5.32 Å². The normalized spacial score (nSPS) is 11.7. The van der Waals surface area contributed by atoms with E-state index in [4.69, 9.17) is 37.9 Å². The van der Waals surface area contributed by atoms with Crippen LogP contribution in [-0.4, -0.2) is 111 Å². The summed E-state index contributed by atoms with van der Waals surface area (Å²) in [4.78, 5) is 11.5. The minimum atomic E-state index is -0.500. The number of carbonyl (C=O) groups is 1. The number of ether oxygens (including phenoxy) is 8. The summed E-state index contributed by atoms with van der Waals surface area (Å²) in [7, 11) is 0. The molecular formula is C26H53NO9. The molecule has 0 saturated heterocycles. The van der Waals surface area contributed by atoms with Gasteiger partial charge in [-0.05, 0) is 27.2 Å². The molecule has 0 bridgehead atoms. The topological polar surface area (TPSA) is 103 Å². The van der Waals surface area contributed by atoms with Crippen molar-refractivity contribution in [2.24, 2.45) is 0 Å². The summed E-state index contributed by atoms with van der Waals surface area (Å²) in [5.41, 5.74) is -0.500. The van der Waals surface area contributed by atoms with E-state index in [1.54, 1.807) is 0 Å². The van der Waals surface area contributed by atoms with Gasteiger partial charge >= 0.3 is 6.09 Å². The van der Waals surface area contributed by atoms with Crippen LogP contribution < -0.4 is 5.32 Å². The lowest BCUT2D eigenvalue weighted by Gasteiger charge is -2.19. The summed E-state index contributed by atoms with van der Waals surface area (Å²) in [5.74, 6) is 0. The molecule has 1 N–H and O–H groups in total.